The Morgan fingerprint density at radius 3 is 2.43 bits per heavy atom. The minimum Gasteiger partial charge on any atom is -0.324 e. The highest BCUT2D eigenvalue weighted by molar-refractivity contribution is 8.26. The van der Waals surface area contributed by atoms with Gasteiger partial charge in [0.2, 0.25) is 5.91 Å². The number of aryl methyl sites for hydroxylation is 2. The third kappa shape index (κ3) is 4.80. The number of hydrogen-bond acceptors (Lipinski definition) is 5. The average Bonchev–Trinajstić information content (AvgIpc) is 3.29. The van der Waals surface area contributed by atoms with Gasteiger partial charge in [-0.3, -0.25) is 24.2 Å². The van der Waals surface area contributed by atoms with Gasteiger partial charge in [0.05, 0.1) is 22.7 Å². The lowest BCUT2D eigenvalue weighted by molar-refractivity contribution is -0.122. The Bertz CT molecular complexity index is 1500. The third-order valence-electron chi connectivity index (χ3n) is 6.21. The van der Waals surface area contributed by atoms with Gasteiger partial charge >= 0.3 is 0 Å². The molecule has 2 heterocycles. The van der Waals surface area contributed by atoms with Crippen LogP contribution in [-0.2, 0) is 20.9 Å². The second-order valence-corrected chi connectivity index (χ2v) is 10.5. The molecule has 3 amide bonds. The van der Waals surface area contributed by atoms with Gasteiger partial charge in [-0.15, -0.1) is 0 Å². The number of halogens is 1. The molecule has 5 rings (SSSR count). The molecule has 186 valence electrons. The normalized spacial score (nSPS) is 17.0. The minimum atomic E-state index is -0.431. The number of nitrogens with zero attached hydrogens (tertiary/aromatic N) is 2. The Morgan fingerprint density at radius 2 is 1.70 bits per heavy atom. The lowest BCUT2D eigenvalue weighted by atomic mass is 10.1. The van der Waals surface area contributed by atoms with E-state index in [0.29, 0.717) is 26.8 Å². The quantitative estimate of drug-likeness (QED) is 0.362. The molecule has 0 bridgehead atoms. The molecule has 1 saturated heterocycles. The van der Waals surface area contributed by atoms with Gasteiger partial charge in [0, 0.05) is 11.3 Å². The van der Waals surface area contributed by atoms with Crippen LogP contribution in [0.4, 0.5) is 15.8 Å². The van der Waals surface area contributed by atoms with Gasteiger partial charge in [0.25, 0.3) is 11.8 Å². The molecule has 1 fully saturated rings. The highest BCUT2D eigenvalue weighted by Crippen LogP contribution is 2.44. The van der Waals surface area contributed by atoms with Crippen LogP contribution in [0.5, 0.6) is 0 Å². The molecule has 0 aromatic heterocycles. The number of nitrogens with one attached hydrogen (secondary N) is 1. The number of para-hydroxylation sites is 1. The first-order valence-electron chi connectivity index (χ1n) is 11.5. The molecule has 0 atom stereocenters. The van der Waals surface area contributed by atoms with E-state index in [0.717, 1.165) is 22.9 Å². The molecule has 0 spiro atoms. The van der Waals surface area contributed by atoms with Crippen LogP contribution in [0.3, 0.4) is 0 Å². The van der Waals surface area contributed by atoms with E-state index in [9.17, 15) is 18.8 Å². The molecule has 9 heteroatoms. The summed E-state index contributed by atoms with van der Waals surface area (Å²) >= 11 is 6.52. The van der Waals surface area contributed by atoms with Crippen molar-refractivity contribution in [2.45, 2.75) is 20.4 Å². The number of fused-ring (bicyclic) bond motifs is 1. The second-order valence-electron chi connectivity index (χ2n) is 8.86. The number of carbonyl (C=O) groups is 3. The second kappa shape index (κ2) is 9.91. The monoisotopic (exact) mass is 531 g/mol. The molecular weight excluding hydrogens is 509 g/mol. The smallest absolute Gasteiger partial charge is 0.267 e. The summed E-state index contributed by atoms with van der Waals surface area (Å²) in [5.74, 6) is -1.54. The Hall–Kier alpha value is -3.82. The summed E-state index contributed by atoms with van der Waals surface area (Å²) in [6.07, 6.45) is 0. The van der Waals surface area contributed by atoms with E-state index < -0.39 is 5.91 Å². The highest BCUT2D eigenvalue weighted by atomic mass is 32.2. The first kappa shape index (κ1) is 24.9. The summed E-state index contributed by atoms with van der Waals surface area (Å²) in [7, 11) is 0. The maximum atomic E-state index is 13.6. The van der Waals surface area contributed by atoms with Crippen LogP contribution in [0.2, 0.25) is 0 Å². The van der Waals surface area contributed by atoms with Crippen LogP contribution in [0, 0.1) is 19.7 Å². The van der Waals surface area contributed by atoms with Gasteiger partial charge in [0.1, 0.15) is 16.7 Å². The van der Waals surface area contributed by atoms with Crippen LogP contribution in [0.25, 0.3) is 5.57 Å². The van der Waals surface area contributed by atoms with Crippen molar-refractivity contribution in [1.82, 2.24) is 4.90 Å². The van der Waals surface area contributed by atoms with Crippen molar-refractivity contribution in [2.24, 2.45) is 0 Å². The van der Waals surface area contributed by atoms with E-state index >= 15 is 0 Å². The minimum absolute atomic E-state index is 0.166. The number of thioether (sulfide) groups is 1. The molecule has 1 N–H and O–H groups in total. The van der Waals surface area contributed by atoms with Crippen LogP contribution >= 0.6 is 24.0 Å². The van der Waals surface area contributed by atoms with Crippen molar-refractivity contribution in [3.8, 4) is 0 Å². The van der Waals surface area contributed by atoms with Crippen molar-refractivity contribution in [3.05, 3.63) is 99.7 Å². The third-order valence-corrected chi connectivity index (χ3v) is 7.66. The fraction of sp³-hybridized carbons (Fsp3) is 0.143. The molecule has 0 unspecified atom stereocenters. The topological polar surface area (TPSA) is 69.7 Å². The van der Waals surface area contributed by atoms with E-state index in [1.807, 2.05) is 32.0 Å². The first-order valence-corrected chi connectivity index (χ1v) is 12.8. The number of carbonyl (C=O) groups excluding carboxylic acids is 3. The van der Waals surface area contributed by atoms with Crippen LogP contribution < -0.4 is 10.2 Å². The maximum Gasteiger partial charge on any atom is 0.267 e. The van der Waals surface area contributed by atoms with E-state index in [4.69, 9.17) is 12.2 Å². The highest BCUT2D eigenvalue weighted by Gasteiger charge is 2.42. The van der Waals surface area contributed by atoms with Gasteiger partial charge in [-0.1, -0.05) is 72.0 Å². The van der Waals surface area contributed by atoms with Crippen molar-refractivity contribution < 1.29 is 18.8 Å². The summed E-state index contributed by atoms with van der Waals surface area (Å²) in [6.45, 7) is 3.84. The summed E-state index contributed by atoms with van der Waals surface area (Å²) < 4.78 is 13.6. The van der Waals surface area contributed by atoms with E-state index in [2.05, 4.69) is 5.32 Å². The maximum absolute atomic E-state index is 13.6. The lowest BCUT2D eigenvalue weighted by Gasteiger charge is -2.17. The molecule has 2 aliphatic heterocycles. The van der Waals surface area contributed by atoms with Gasteiger partial charge in [-0.25, -0.2) is 4.39 Å². The number of benzene rings is 3. The van der Waals surface area contributed by atoms with Gasteiger partial charge in [-0.05, 0) is 49.2 Å². The molecule has 3 aromatic carbocycles. The fourth-order valence-electron chi connectivity index (χ4n) is 4.40. The number of rotatable bonds is 5. The number of anilines is 2. The average molecular weight is 532 g/mol. The van der Waals surface area contributed by atoms with Crippen molar-refractivity contribution >= 4 is 63.0 Å². The molecule has 37 heavy (non-hydrogen) atoms. The Balaban J connectivity index is 1.42. The van der Waals surface area contributed by atoms with Crippen molar-refractivity contribution in [2.75, 3.05) is 16.8 Å². The molecule has 0 saturated carbocycles. The summed E-state index contributed by atoms with van der Waals surface area (Å²) in [6, 6.07) is 18.6. The first-order chi connectivity index (χ1) is 17.7. The summed E-state index contributed by atoms with van der Waals surface area (Å²) in [5, 5.41) is 2.88. The zero-order valence-corrected chi connectivity index (χ0v) is 21.7. The molecular formula is C28H22FN3O3S2. The SMILES string of the molecule is Cc1ccc(NC(=O)CN2C(=O)C(=C3SC(=S)N(Cc4ccc(F)cc4)C3=O)c3ccccc32)c(C)c1. The van der Waals surface area contributed by atoms with Crippen molar-refractivity contribution in [1.29, 1.82) is 0 Å². The van der Waals surface area contributed by atoms with Crippen LogP contribution in [0.15, 0.2) is 71.6 Å². The number of hydrogen-bond donors (Lipinski definition) is 1. The Kier molecular flexibility index (Phi) is 6.66. The van der Waals surface area contributed by atoms with Gasteiger partial charge in [0.15, 0.2) is 0 Å². The summed E-state index contributed by atoms with van der Waals surface area (Å²) in [5.41, 5.74) is 4.77. The van der Waals surface area contributed by atoms with Gasteiger partial charge < -0.3 is 5.32 Å². The molecule has 0 radical (unpaired) electrons. The number of amides is 3. The zero-order chi connectivity index (χ0) is 26.3. The lowest BCUT2D eigenvalue weighted by Crippen LogP contribution is -2.35. The van der Waals surface area contributed by atoms with Gasteiger partial charge in [-0.2, -0.15) is 0 Å². The molecule has 3 aromatic rings. The molecule has 2 aliphatic rings. The zero-order valence-electron chi connectivity index (χ0n) is 20.1. The van der Waals surface area contributed by atoms with Crippen LogP contribution in [0.1, 0.15) is 22.3 Å². The largest absolute Gasteiger partial charge is 0.324 e. The fourth-order valence-corrected chi connectivity index (χ4v) is 5.73. The molecule has 0 aliphatic carbocycles. The van der Waals surface area contributed by atoms with Crippen molar-refractivity contribution in [3.63, 3.8) is 0 Å². The Morgan fingerprint density at radius 1 is 0.973 bits per heavy atom. The molecule has 6 nitrogen and oxygen atoms in total. The number of thiocarbonyl (C=S) groups is 1. The van der Waals surface area contributed by atoms with E-state index in [1.54, 1.807) is 36.4 Å². The predicted molar refractivity (Wildman–Crippen MR) is 147 cm³/mol. The van der Waals surface area contributed by atoms with E-state index in [-0.39, 0.29) is 41.2 Å². The summed E-state index contributed by atoms with van der Waals surface area (Å²) in [4.78, 5) is 43.0. The van der Waals surface area contributed by atoms with E-state index in [1.165, 1.54) is 21.9 Å². The predicted octanol–water partition coefficient (Wildman–Crippen LogP) is 5.20. The Labute approximate surface area is 223 Å². The standard InChI is InChI=1S/C28H22FN3O3S2/c1-16-7-12-21(17(2)13-16)30-23(33)15-31-22-6-4-3-5-20(22)24(26(31)34)25-27(35)32(28(36)37-25)14-18-8-10-19(29)11-9-18/h3-13H,14-15H2,1-2H3,(H,30,33). The van der Waals surface area contributed by atoms with Crippen LogP contribution in [-0.4, -0.2) is 33.5 Å².